The van der Waals surface area contributed by atoms with Crippen LogP contribution in [0.25, 0.3) is 0 Å². The standard InChI is InChI=1S/C10H21NO3/c12-7-1-4-11-5-2-10(3-6-11)14-9-8-13/h10,12-13H,1-9H2. The van der Waals surface area contributed by atoms with E-state index >= 15 is 0 Å². The topological polar surface area (TPSA) is 52.9 Å². The normalized spacial score (nSPS) is 20.1. The van der Waals surface area contributed by atoms with E-state index in [1.165, 1.54) is 0 Å². The number of nitrogens with zero attached hydrogens (tertiary/aromatic N) is 1. The average molecular weight is 203 g/mol. The molecular weight excluding hydrogens is 182 g/mol. The summed E-state index contributed by atoms with van der Waals surface area (Å²) in [6.45, 7) is 3.95. The van der Waals surface area contributed by atoms with Gasteiger partial charge in [0.1, 0.15) is 0 Å². The molecule has 0 aromatic carbocycles. The molecule has 0 atom stereocenters. The van der Waals surface area contributed by atoms with Gasteiger partial charge in [0.25, 0.3) is 0 Å². The predicted molar refractivity (Wildman–Crippen MR) is 54.2 cm³/mol. The summed E-state index contributed by atoms with van der Waals surface area (Å²) in [5.74, 6) is 0. The van der Waals surface area contributed by atoms with E-state index in [-0.39, 0.29) is 13.2 Å². The van der Waals surface area contributed by atoms with E-state index in [0.29, 0.717) is 12.7 Å². The van der Waals surface area contributed by atoms with Crippen molar-refractivity contribution >= 4 is 0 Å². The van der Waals surface area contributed by atoms with Crippen LogP contribution in [0.2, 0.25) is 0 Å². The molecule has 4 heteroatoms. The molecule has 1 heterocycles. The number of rotatable bonds is 6. The lowest BCUT2D eigenvalue weighted by Crippen LogP contribution is -2.38. The lowest BCUT2D eigenvalue weighted by Gasteiger charge is -2.31. The second kappa shape index (κ2) is 7.17. The molecule has 1 fully saturated rings. The molecule has 0 radical (unpaired) electrons. The van der Waals surface area contributed by atoms with E-state index in [1.54, 1.807) is 0 Å². The highest BCUT2D eigenvalue weighted by Gasteiger charge is 2.18. The van der Waals surface area contributed by atoms with Gasteiger partial charge in [0.2, 0.25) is 0 Å². The van der Waals surface area contributed by atoms with Crippen molar-refractivity contribution in [3.63, 3.8) is 0 Å². The molecule has 1 rings (SSSR count). The van der Waals surface area contributed by atoms with Gasteiger partial charge in [-0.1, -0.05) is 0 Å². The first-order chi connectivity index (χ1) is 6.86. The first-order valence-electron chi connectivity index (χ1n) is 5.42. The number of piperidine rings is 1. The van der Waals surface area contributed by atoms with Crippen LogP contribution in [0.1, 0.15) is 19.3 Å². The largest absolute Gasteiger partial charge is 0.396 e. The van der Waals surface area contributed by atoms with Gasteiger partial charge in [-0.2, -0.15) is 0 Å². The van der Waals surface area contributed by atoms with Gasteiger partial charge in [-0.15, -0.1) is 0 Å². The van der Waals surface area contributed by atoms with Gasteiger partial charge >= 0.3 is 0 Å². The molecule has 0 aromatic heterocycles. The first kappa shape index (κ1) is 11.9. The number of hydrogen-bond acceptors (Lipinski definition) is 4. The molecule has 1 aliphatic heterocycles. The van der Waals surface area contributed by atoms with Crippen LogP contribution in [0.5, 0.6) is 0 Å². The maximum Gasteiger partial charge on any atom is 0.0701 e. The minimum Gasteiger partial charge on any atom is -0.396 e. The fraction of sp³-hybridized carbons (Fsp3) is 1.00. The average Bonchev–Trinajstić information content (AvgIpc) is 2.25. The van der Waals surface area contributed by atoms with E-state index < -0.39 is 0 Å². The maximum absolute atomic E-state index is 8.69. The third-order valence-corrected chi connectivity index (χ3v) is 2.61. The molecule has 0 spiro atoms. The number of ether oxygens (including phenoxy) is 1. The monoisotopic (exact) mass is 203 g/mol. The Balaban J connectivity index is 2.05. The summed E-state index contributed by atoms with van der Waals surface area (Å²) < 4.78 is 5.46. The van der Waals surface area contributed by atoms with E-state index in [1.807, 2.05) is 0 Å². The Morgan fingerprint density at radius 1 is 1.14 bits per heavy atom. The summed E-state index contributed by atoms with van der Waals surface area (Å²) in [5.41, 5.74) is 0. The zero-order valence-electron chi connectivity index (χ0n) is 8.69. The fourth-order valence-corrected chi connectivity index (χ4v) is 1.81. The SMILES string of the molecule is OCCCN1CCC(OCCO)CC1. The second-order valence-electron chi connectivity index (χ2n) is 3.71. The minimum absolute atomic E-state index is 0.116. The molecule has 4 nitrogen and oxygen atoms in total. The van der Waals surface area contributed by atoms with Crippen LogP contribution in [0, 0.1) is 0 Å². The molecule has 0 aliphatic carbocycles. The van der Waals surface area contributed by atoms with Crippen LogP contribution in [0.3, 0.4) is 0 Å². The molecule has 1 aliphatic rings. The van der Waals surface area contributed by atoms with Gasteiger partial charge in [0, 0.05) is 26.2 Å². The molecule has 0 aromatic rings. The summed E-state index contributed by atoms with van der Waals surface area (Å²) in [4.78, 5) is 2.36. The Morgan fingerprint density at radius 3 is 2.43 bits per heavy atom. The van der Waals surface area contributed by atoms with Crippen molar-refractivity contribution in [3.8, 4) is 0 Å². The van der Waals surface area contributed by atoms with Gasteiger partial charge in [-0.3, -0.25) is 0 Å². The van der Waals surface area contributed by atoms with Gasteiger partial charge < -0.3 is 19.8 Å². The van der Waals surface area contributed by atoms with Crippen LogP contribution in [0.4, 0.5) is 0 Å². The lowest BCUT2D eigenvalue weighted by molar-refractivity contribution is -0.00831. The highest BCUT2D eigenvalue weighted by atomic mass is 16.5. The van der Waals surface area contributed by atoms with Crippen LogP contribution in [-0.4, -0.2) is 60.7 Å². The summed E-state index contributed by atoms with van der Waals surface area (Å²) >= 11 is 0. The van der Waals surface area contributed by atoms with Crippen molar-refractivity contribution in [1.82, 2.24) is 4.90 Å². The molecule has 2 N–H and O–H groups in total. The number of aliphatic hydroxyl groups excluding tert-OH is 2. The zero-order chi connectivity index (χ0) is 10.2. The summed E-state index contributed by atoms with van der Waals surface area (Å²) in [5, 5.41) is 17.3. The predicted octanol–water partition coefficient (Wildman–Crippen LogP) is -0.158. The third-order valence-electron chi connectivity index (χ3n) is 2.61. The van der Waals surface area contributed by atoms with E-state index in [2.05, 4.69) is 4.90 Å². The minimum atomic E-state index is 0.116. The number of likely N-dealkylation sites (tertiary alicyclic amines) is 1. The van der Waals surface area contributed by atoms with Crippen LogP contribution >= 0.6 is 0 Å². The Kier molecular flexibility index (Phi) is 6.10. The van der Waals surface area contributed by atoms with Gasteiger partial charge in [0.05, 0.1) is 19.3 Å². The fourth-order valence-electron chi connectivity index (χ4n) is 1.81. The van der Waals surface area contributed by atoms with Crippen molar-refractivity contribution in [2.24, 2.45) is 0 Å². The molecule has 84 valence electrons. The third kappa shape index (κ3) is 4.37. The molecule has 0 bridgehead atoms. The maximum atomic E-state index is 8.69. The Morgan fingerprint density at radius 2 is 1.86 bits per heavy atom. The molecule has 0 amide bonds. The quantitative estimate of drug-likeness (QED) is 0.630. The molecule has 0 saturated carbocycles. The van der Waals surface area contributed by atoms with Crippen molar-refractivity contribution < 1.29 is 14.9 Å². The number of aliphatic hydroxyl groups is 2. The summed E-state index contributed by atoms with van der Waals surface area (Å²) in [7, 11) is 0. The van der Waals surface area contributed by atoms with Crippen molar-refractivity contribution in [1.29, 1.82) is 0 Å². The van der Waals surface area contributed by atoms with E-state index in [4.69, 9.17) is 14.9 Å². The highest BCUT2D eigenvalue weighted by Crippen LogP contribution is 2.13. The highest BCUT2D eigenvalue weighted by molar-refractivity contribution is 4.72. The molecule has 0 unspecified atom stereocenters. The van der Waals surface area contributed by atoms with E-state index in [0.717, 1.165) is 38.9 Å². The summed E-state index contributed by atoms with van der Waals surface area (Å²) in [6.07, 6.45) is 3.28. The second-order valence-corrected chi connectivity index (χ2v) is 3.71. The Hall–Kier alpha value is -0.160. The Bertz CT molecular complexity index is 119. The van der Waals surface area contributed by atoms with Crippen LogP contribution < -0.4 is 0 Å². The van der Waals surface area contributed by atoms with Gasteiger partial charge in [-0.05, 0) is 19.3 Å². The van der Waals surface area contributed by atoms with Crippen molar-refractivity contribution in [2.45, 2.75) is 25.4 Å². The summed E-state index contributed by atoms with van der Waals surface area (Å²) in [6, 6.07) is 0. The smallest absolute Gasteiger partial charge is 0.0701 e. The number of hydrogen-bond donors (Lipinski definition) is 2. The molecular formula is C10H21NO3. The van der Waals surface area contributed by atoms with Crippen molar-refractivity contribution in [2.75, 3.05) is 39.5 Å². The zero-order valence-corrected chi connectivity index (χ0v) is 8.69. The molecule has 14 heavy (non-hydrogen) atoms. The lowest BCUT2D eigenvalue weighted by atomic mass is 10.1. The van der Waals surface area contributed by atoms with Crippen molar-refractivity contribution in [3.05, 3.63) is 0 Å². The van der Waals surface area contributed by atoms with Crippen LogP contribution in [0.15, 0.2) is 0 Å². The first-order valence-corrected chi connectivity index (χ1v) is 5.42. The molecule has 1 saturated heterocycles. The van der Waals surface area contributed by atoms with Gasteiger partial charge in [-0.25, -0.2) is 0 Å². The Labute approximate surface area is 85.5 Å². The van der Waals surface area contributed by atoms with Crippen LogP contribution in [-0.2, 0) is 4.74 Å². The van der Waals surface area contributed by atoms with Gasteiger partial charge in [0.15, 0.2) is 0 Å². The van der Waals surface area contributed by atoms with E-state index in [9.17, 15) is 0 Å².